The first-order valence-electron chi connectivity index (χ1n) is 13.4. The van der Waals surface area contributed by atoms with Gasteiger partial charge in [0.2, 0.25) is 6.79 Å². The molecule has 2 aliphatic rings. The third-order valence-corrected chi connectivity index (χ3v) is 6.81. The second-order valence-electron chi connectivity index (χ2n) is 10.2. The molecule has 7 heteroatoms. The van der Waals surface area contributed by atoms with Crippen LogP contribution in [0.25, 0.3) is 11.1 Å². The molecule has 0 bridgehead atoms. The number of allylic oxidation sites excluding steroid dienone is 1. The minimum absolute atomic E-state index is 0.0440. The number of fused-ring (bicyclic) bond motifs is 1. The molecule has 0 saturated heterocycles. The van der Waals surface area contributed by atoms with E-state index in [-0.39, 0.29) is 25.3 Å². The van der Waals surface area contributed by atoms with Crippen LogP contribution >= 0.6 is 0 Å². The van der Waals surface area contributed by atoms with Crippen LogP contribution in [0.5, 0.6) is 23.0 Å². The maximum absolute atomic E-state index is 12.1. The number of esters is 1. The van der Waals surface area contributed by atoms with Crippen LogP contribution in [-0.2, 0) is 4.79 Å². The Hall–Kier alpha value is -3.81. The molecule has 0 amide bonds. The van der Waals surface area contributed by atoms with Gasteiger partial charge >= 0.3 is 5.97 Å². The largest absolute Gasteiger partial charge is 0.491 e. The molecule has 1 atom stereocenters. The SMILES string of the molecule is CCC(=C(c1ccc(OCC(O)CN(C)C)cc1)c1ccc(OC(=O)C2CC2)cc1)c1ccc2c(c1)OCO2. The quantitative estimate of drug-likeness (QED) is 0.202. The molecule has 1 heterocycles. The van der Waals surface area contributed by atoms with Crippen LogP contribution in [0.15, 0.2) is 66.7 Å². The molecule has 1 unspecified atom stereocenters. The van der Waals surface area contributed by atoms with Crippen LogP contribution in [-0.4, -0.2) is 56.1 Å². The van der Waals surface area contributed by atoms with E-state index in [1.54, 1.807) is 0 Å². The van der Waals surface area contributed by atoms with Crippen LogP contribution in [0.2, 0.25) is 0 Å². The number of aliphatic hydroxyl groups excluding tert-OH is 1. The molecule has 1 saturated carbocycles. The van der Waals surface area contributed by atoms with Crippen molar-refractivity contribution < 1.29 is 28.8 Å². The molecule has 1 fully saturated rings. The molecular weight excluding hydrogens is 494 g/mol. The summed E-state index contributed by atoms with van der Waals surface area (Å²) >= 11 is 0. The number of aliphatic hydroxyl groups is 1. The van der Waals surface area contributed by atoms with E-state index in [0.29, 0.717) is 18.0 Å². The van der Waals surface area contributed by atoms with Gasteiger partial charge in [0.05, 0.1) is 5.92 Å². The maximum atomic E-state index is 12.1. The number of carbonyl (C=O) groups is 1. The summed E-state index contributed by atoms with van der Waals surface area (Å²) in [5.74, 6) is 2.62. The first kappa shape index (κ1) is 26.8. The number of likely N-dealkylation sites (N-methyl/N-ethyl adjacent to an activating group) is 1. The summed E-state index contributed by atoms with van der Waals surface area (Å²) in [6.45, 7) is 3.11. The number of hydrogen-bond donors (Lipinski definition) is 1. The smallest absolute Gasteiger partial charge is 0.314 e. The van der Waals surface area contributed by atoms with Crippen molar-refractivity contribution in [3.05, 3.63) is 83.4 Å². The predicted octanol–water partition coefficient (Wildman–Crippen LogP) is 5.40. The Balaban J connectivity index is 1.47. The average Bonchev–Trinajstić information content (AvgIpc) is 3.68. The van der Waals surface area contributed by atoms with Crippen molar-refractivity contribution in [1.82, 2.24) is 4.90 Å². The van der Waals surface area contributed by atoms with Gasteiger partial charge in [0, 0.05) is 6.54 Å². The minimum atomic E-state index is -0.569. The van der Waals surface area contributed by atoms with Crippen LogP contribution in [0, 0.1) is 5.92 Å². The first-order chi connectivity index (χ1) is 18.9. The van der Waals surface area contributed by atoms with Crippen LogP contribution in [0.4, 0.5) is 0 Å². The van der Waals surface area contributed by atoms with Crippen LogP contribution in [0.1, 0.15) is 42.9 Å². The lowest BCUT2D eigenvalue weighted by atomic mass is 9.88. The lowest BCUT2D eigenvalue weighted by Crippen LogP contribution is -2.30. The Morgan fingerprint density at radius 2 is 1.54 bits per heavy atom. The van der Waals surface area contributed by atoms with Crippen LogP contribution in [0.3, 0.4) is 0 Å². The molecule has 39 heavy (non-hydrogen) atoms. The lowest BCUT2D eigenvalue weighted by molar-refractivity contribution is -0.135. The van der Waals surface area contributed by atoms with E-state index in [1.807, 2.05) is 79.7 Å². The van der Waals surface area contributed by atoms with Gasteiger partial charge in [-0.05, 0) is 97.6 Å². The van der Waals surface area contributed by atoms with Crippen molar-refractivity contribution in [2.45, 2.75) is 32.3 Å². The predicted molar refractivity (Wildman–Crippen MR) is 150 cm³/mol. The Morgan fingerprint density at radius 1 is 0.923 bits per heavy atom. The van der Waals surface area contributed by atoms with Crippen molar-refractivity contribution in [3.63, 3.8) is 0 Å². The van der Waals surface area contributed by atoms with Crippen LogP contribution < -0.4 is 18.9 Å². The van der Waals surface area contributed by atoms with E-state index in [2.05, 4.69) is 13.0 Å². The molecule has 0 radical (unpaired) electrons. The highest BCUT2D eigenvalue weighted by Gasteiger charge is 2.31. The Bertz CT molecular complexity index is 1330. The zero-order chi connectivity index (χ0) is 27.4. The molecule has 3 aromatic carbocycles. The monoisotopic (exact) mass is 529 g/mol. The number of hydrogen-bond acceptors (Lipinski definition) is 7. The highest BCUT2D eigenvalue weighted by atomic mass is 16.7. The summed E-state index contributed by atoms with van der Waals surface area (Å²) in [5, 5.41) is 10.2. The van der Waals surface area contributed by atoms with Gasteiger partial charge < -0.3 is 29.0 Å². The lowest BCUT2D eigenvalue weighted by Gasteiger charge is -2.18. The van der Waals surface area contributed by atoms with Crippen molar-refractivity contribution in [1.29, 1.82) is 0 Å². The molecule has 7 nitrogen and oxygen atoms in total. The summed E-state index contributed by atoms with van der Waals surface area (Å²) in [5.41, 5.74) is 5.29. The molecular formula is C32H35NO6. The standard InChI is InChI=1S/C32H35NO6/c1-4-28(24-11-16-29-30(17-24)38-20-37-29)31(22-9-14-27(15-10-22)39-32(35)23-5-6-23)21-7-12-26(13-8-21)36-19-25(34)18-33(2)3/h7-17,23,25,34H,4-6,18-20H2,1-3H3. The first-order valence-corrected chi connectivity index (χ1v) is 13.4. The van der Waals surface area contributed by atoms with Crippen molar-refractivity contribution in [2.75, 3.05) is 34.0 Å². The molecule has 0 aromatic heterocycles. The zero-order valence-corrected chi connectivity index (χ0v) is 22.7. The molecule has 1 aliphatic heterocycles. The number of rotatable bonds is 11. The average molecular weight is 530 g/mol. The molecule has 5 rings (SSSR count). The molecule has 1 aliphatic carbocycles. The van der Waals surface area contributed by atoms with Gasteiger partial charge in [0.1, 0.15) is 24.2 Å². The second kappa shape index (κ2) is 11.9. The number of nitrogens with zero attached hydrogens (tertiary/aromatic N) is 1. The van der Waals surface area contributed by atoms with Crippen molar-refractivity contribution in [3.8, 4) is 23.0 Å². The summed E-state index contributed by atoms with van der Waals surface area (Å²) in [6.07, 6.45) is 2.03. The minimum Gasteiger partial charge on any atom is -0.491 e. The number of ether oxygens (including phenoxy) is 4. The normalized spacial score (nSPS) is 15.6. The van der Waals surface area contributed by atoms with Gasteiger partial charge in [0.25, 0.3) is 0 Å². The fourth-order valence-electron chi connectivity index (χ4n) is 4.72. The van der Waals surface area contributed by atoms with E-state index in [9.17, 15) is 9.90 Å². The van der Waals surface area contributed by atoms with Gasteiger partial charge in [-0.1, -0.05) is 37.3 Å². The maximum Gasteiger partial charge on any atom is 0.314 e. The van der Waals surface area contributed by atoms with E-state index in [0.717, 1.165) is 58.6 Å². The highest BCUT2D eigenvalue weighted by Crippen LogP contribution is 2.40. The topological polar surface area (TPSA) is 77.5 Å². The van der Waals surface area contributed by atoms with Gasteiger partial charge in [0.15, 0.2) is 11.5 Å². The highest BCUT2D eigenvalue weighted by molar-refractivity contribution is 5.99. The third-order valence-electron chi connectivity index (χ3n) is 6.81. The molecule has 204 valence electrons. The molecule has 0 spiro atoms. The van der Waals surface area contributed by atoms with Gasteiger partial charge in [-0.15, -0.1) is 0 Å². The van der Waals surface area contributed by atoms with E-state index in [1.165, 1.54) is 0 Å². The Morgan fingerprint density at radius 3 is 2.15 bits per heavy atom. The fourth-order valence-corrected chi connectivity index (χ4v) is 4.72. The van der Waals surface area contributed by atoms with Gasteiger partial charge in [-0.3, -0.25) is 4.79 Å². The van der Waals surface area contributed by atoms with Gasteiger partial charge in [-0.25, -0.2) is 0 Å². The molecule has 1 N–H and O–H groups in total. The fraction of sp³-hybridized carbons (Fsp3) is 0.344. The van der Waals surface area contributed by atoms with E-state index in [4.69, 9.17) is 18.9 Å². The van der Waals surface area contributed by atoms with E-state index >= 15 is 0 Å². The zero-order valence-electron chi connectivity index (χ0n) is 22.7. The summed E-state index contributed by atoms with van der Waals surface area (Å²) in [6, 6.07) is 21.6. The third kappa shape index (κ3) is 6.61. The second-order valence-corrected chi connectivity index (χ2v) is 10.2. The van der Waals surface area contributed by atoms with Crippen molar-refractivity contribution in [2.24, 2.45) is 5.92 Å². The number of carbonyl (C=O) groups excluding carboxylic acids is 1. The Kier molecular flexibility index (Phi) is 8.19. The summed E-state index contributed by atoms with van der Waals surface area (Å²) in [4.78, 5) is 14.1. The Labute approximate surface area is 229 Å². The van der Waals surface area contributed by atoms with Crippen molar-refractivity contribution >= 4 is 17.1 Å². The van der Waals surface area contributed by atoms with Gasteiger partial charge in [-0.2, -0.15) is 0 Å². The van der Waals surface area contributed by atoms with E-state index < -0.39 is 6.10 Å². The number of benzene rings is 3. The molecule has 3 aromatic rings. The summed E-state index contributed by atoms with van der Waals surface area (Å²) < 4.78 is 22.6. The summed E-state index contributed by atoms with van der Waals surface area (Å²) in [7, 11) is 3.84.